The van der Waals surface area contributed by atoms with Crippen LogP contribution in [0, 0.1) is 0 Å². The number of halogens is 1. The van der Waals surface area contributed by atoms with Crippen LogP contribution in [0.3, 0.4) is 0 Å². The normalized spacial score (nSPS) is 15.3. The Bertz CT molecular complexity index is 914. The van der Waals surface area contributed by atoms with Gasteiger partial charge < -0.3 is 23.8 Å². The van der Waals surface area contributed by atoms with Crippen molar-refractivity contribution in [2.24, 2.45) is 0 Å². The predicted octanol–water partition coefficient (Wildman–Crippen LogP) is 3.36. The van der Waals surface area contributed by atoms with E-state index in [1.165, 1.54) is 0 Å². The van der Waals surface area contributed by atoms with Gasteiger partial charge in [0.15, 0.2) is 18.1 Å². The topological polar surface area (TPSA) is 74.3 Å². The summed E-state index contributed by atoms with van der Waals surface area (Å²) in [6, 6.07) is 10.5. The maximum atomic E-state index is 12.0. The van der Waals surface area contributed by atoms with E-state index in [1.807, 2.05) is 0 Å². The first-order valence-corrected chi connectivity index (χ1v) is 9.75. The Morgan fingerprint density at radius 2 is 1.93 bits per heavy atom. The summed E-state index contributed by atoms with van der Waals surface area (Å²) >= 11 is 6.18. The Labute approximate surface area is 173 Å². The van der Waals surface area contributed by atoms with E-state index in [9.17, 15) is 9.59 Å². The first-order valence-electron chi connectivity index (χ1n) is 9.37. The van der Waals surface area contributed by atoms with Gasteiger partial charge in [0.1, 0.15) is 25.6 Å². The van der Waals surface area contributed by atoms with E-state index in [4.69, 9.17) is 30.5 Å². The molecule has 2 aromatic rings. The Morgan fingerprint density at radius 3 is 2.69 bits per heavy atom. The van der Waals surface area contributed by atoms with Crippen molar-refractivity contribution in [3.05, 3.63) is 47.0 Å². The predicted molar refractivity (Wildman–Crippen MR) is 106 cm³/mol. The van der Waals surface area contributed by atoms with Crippen molar-refractivity contribution in [1.82, 2.24) is 0 Å². The molecule has 1 amide bonds. The lowest BCUT2D eigenvalue weighted by Crippen LogP contribution is -2.23. The third-order valence-corrected chi connectivity index (χ3v) is 4.92. The fourth-order valence-electron chi connectivity index (χ4n) is 3.24. The number of ether oxygens (including phenoxy) is 4. The molecule has 2 aromatic carbocycles. The molecular weight excluding hydrogens is 398 g/mol. The largest absolute Gasteiger partial charge is 0.486 e. The fourth-order valence-corrected chi connectivity index (χ4v) is 3.53. The number of rotatable bonds is 6. The monoisotopic (exact) mass is 417 g/mol. The maximum Gasteiger partial charge on any atom is 0.344 e. The molecule has 0 aliphatic carbocycles. The number of anilines is 1. The van der Waals surface area contributed by atoms with Gasteiger partial charge >= 0.3 is 5.97 Å². The van der Waals surface area contributed by atoms with Crippen molar-refractivity contribution >= 4 is 29.2 Å². The van der Waals surface area contributed by atoms with Crippen LogP contribution >= 0.6 is 11.6 Å². The van der Waals surface area contributed by atoms with Crippen LogP contribution in [-0.4, -0.2) is 38.2 Å². The molecule has 0 aromatic heterocycles. The van der Waals surface area contributed by atoms with Crippen LogP contribution in [0.5, 0.6) is 17.2 Å². The molecule has 0 spiro atoms. The highest BCUT2D eigenvalue weighted by Crippen LogP contribution is 2.38. The van der Waals surface area contributed by atoms with Crippen molar-refractivity contribution < 1.29 is 28.5 Å². The summed E-state index contributed by atoms with van der Waals surface area (Å²) in [6.45, 7) is 1.46. The maximum absolute atomic E-state index is 12.0. The molecule has 0 unspecified atom stereocenters. The minimum atomic E-state index is -0.505. The summed E-state index contributed by atoms with van der Waals surface area (Å²) in [5.41, 5.74) is 1.53. The molecule has 7 nitrogen and oxygen atoms in total. The number of amides is 1. The van der Waals surface area contributed by atoms with Crippen LogP contribution in [-0.2, 0) is 20.9 Å². The lowest BCUT2D eigenvalue weighted by Gasteiger charge is -2.20. The molecule has 0 radical (unpaired) electrons. The van der Waals surface area contributed by atoms with Crippen LogP contribution in [0.1, 0.15) is 18.4 Å². The third kappa shape index (κ3) is 4.56. The van der Waals surface area contributed by atoms with Gasteiger partial charge in [-0.05, 0) is 48.4 Å². The molecule has 29 heavy (non-hydrogen) atoms. The van der Waals surface area contributed by atoms with Gasteiger partial charge in [0.05, 0.1) is 5.02 Å². The number of hydrogen-bond acceptors (Lipinski definition) is 6. The van der Waals surface area contributed by atoms with Crippen LogP contribution in [0.15, 0.2) is 36.4 Å². The summed E-state index contributed by atoms with van der Waals surface area (Å²) in [5.74, 6) is 1.20. The van der Waals surface area contributed by atoms with Crippen LogP contribution in [0.25, 0.3) is 0 Å². The highest BCUT2D eigenvalue weighted by Gasteiger charge is 2.21. The molecule has 0 atom stereocenters. The smallest absolute Gasteiger partial charge is 0.344 e. The van der Waals surface area contributed by atoms with Crippen LogP contribution < -0.4 is 19.1 Å². The molecular formula is C21H20ClNO6. The van der Waals surface area contributed by atoms with E-state index in [-0.39, 0.29) is 19.1 Å². The molecule has 1 saturated heterocycles. The van der Waals surface area contributed by atoms with Gasteiger partial charge in [0, 0.05) is 18.7 Å². The first-order chi connectivity index (χ1) is 14.1. The zero-order valence-corrected chi connectivity index (χ0v) is 16.4. The van der Waals surface area contributed by atoms with Crippen molar-refractivity contribution in [1.29, 1.82) is 0 Å². The minimum absolute atomic E-state index is 0.0502. The number of fused-ring (bicyclic) bond motifs is 1. The second-order valence-corrected chi connectivity index (χ2v) is 7.10. The number of hydrogen-bond donors (Lipinski definition) is 0. The van der Waals surface area contributed by atoms with Crippen molar-refractivity contribution in [3.8, 4) is 17.2 Å². The molecule has 0 bridgehead atoms. The average Bonchev–Trinajstić information content (AvgIpc) is 3.17. The quantitative estimate of drug-likeness (QED) is 0.671. The van der Waals surface area contributed by atoms with E-state index in [0.29, 0.717) is 47.5 Å². The Morgan fingerprint density at radius 1 is 1.14 bits per heavy atom. The molecule has 1 fully saturated rings. The lowest BCUT2D eigenvalue weighted by atomic mass is 10.2. The standard InChI is InChI=1S/C21H20ClNO6/c22-17-10-14(11-18-21(17)27-9-8-26-18)12-29-20(25)13-28-16-5-3-15(4-6-16)23-7-1-2-19(23)24/h3-6,10-11H,1-2,7-9,12-13H2. The second kappa shape index (κ2) is 8.61. The third-order valence-electron chi connectivity index (χ3n) is 4.63. The number of esters is 1. The molecule has 8 heteroatoms. The van der Waals surface area contributed by atoms with Gasteiger partial charge in [-0.1, -0.05) is 11.6 Å². The number of nitrogens with zero attached hydrogens (tertiary/aromatic N) is 1. The molecule has 2 heterocycles. The van der Waals surface area contributed by atoms with Crippen molar-refractivity contribution in [3.63, 3.8) is 0 Å². The summed E-state index contributed by atoms with van der Waals surface area (Å²) < 4.78 is 21.7. The van der Waals surface area contributed by atoms with Gasteiger partial charge in [0.2, 0.25) is 5.91 Å². The van der Waals surface area contributed by atoms with Crippen molar-refractivity contribution in [2.75, 3.05) is 31.3 Å². The summed E-state index contributed by atoms with van der Waals surface area (Å²) in [6.07, 6.45) is 1.45. The Hall–Kier alpha value is -2.93. The molecule has 2 aliphatic rings. The van der Waals surface area contributed by atoms with Gasteiger partial charge in [-0.15, -0.1) is 0 Å². The summed E-state index contributed by atoms with van der Waals surface area (Å²) in [5, 5.41) is 0.418. The minimum Gasteiger partial charge on any atom is -0.486 e. The van der Waals surface area contributed by atoms with Crippen molar-refractivity contribution in [2.45, 2.75) is 19.4 Å². The number of carbonyl (C=O) groups excluding carboxylic acids is 2. The van der Waals surface area contributed by atoms with Gasteiger partial charge in [-0.25, -0.2) is 4.79 Å². The SMILES string of the molecule is O=C(COc1ccc(N2CCCC2=O)cc1)OCc1cc(Cl)c2c(c1)OCCO2. The molecule has 0 N–H and O–H groups in total. The molecule has 152 valence electrons. The first kappa shape index (κ1) is 19.4. The lowest BCUT2D eigenvalue weighted by molar-refractivity contribution is -0.147. The van der Waals surface area contributed by atoms with Gasteiger partial charge in [-0.3, -0.25) is 4.79 Å². The zero-order valence-electron chi connectivity index (χ0n) is 15.7. The average molecular weight is 418 g/mol. The summed E-state index contributed by atoms with van der Waals surface area (Å²) in [4.78, 5) is 25.5. The molecule has 2 aliphatic heterocycles. The summed E-state index contributed by atoms with van der Waals surface area (Å²) in [7, 11) is 0. The van der Waals surface area contributed by atoms with E-state index >= 15 is 0 Å². The van der Waals surface area contributed by atoms with Crippen LogP contribution in [0.2, 0.25) is 5.02 Å². The molecule has 4 rings (SSSR count). The van der Waals surface area contributed by atoms with E-state index in [2.05, 4.69) is 0 Å². The van der Waals surface area contributed by atoms with Gasteiger partial charge in [-0.2, -0.15) is 0 Å². The highest BCUT2D eigenvalue weighted by atomic mass is 35.5. The van der Waals surface area contributed by atoms with Gasteiger partial charge in [0.25, 0.3) is 0 Å². The zero-order chi connectivity index (χ0) is 20.2. The number of carbonyl (C=O) groups is 2. The molecule has 0 saturated carbocycles. The van der Waals surface area contributed by atoms with E-state index < -0.39 is 5.97 Å². The van der Waals surface area contributed by atoms with Crippen LogP contribution in [0.4, 0.5) is 5.69 Å². The highest BCUT2D eigenvalue weighted by molar-refractivity contribution is 6.32. The Balaban J connectivity index is 1.27. The fraction of sp³-hybridized carbons (Fsp3) is 0.333. The van der Waals surface area contributed by atoms with E-state index in [0.717, 1.165) is 18.7 Å². The number of benzene rings is 2. The Kier molecular flexibility index (Phi) is 5.76. The second-order valence-electron chi connectivity index (χ2n) is 6.69. The van der Waals surface area contributed by atoms with E-state index in [1.54, 1.807) is 41.3 Å².